The second-order valence-corrected chi connectivity index (χ2v) is 12.0. The molecule has 4 saturated carbocycles. The highest BCUT2D eigenvalue weighted by Crippen LogP contribution is 2.67. The van der Waals surface area contributed by atoms with Crippen molar-refractivity contribution < 1.29 is 10.2 Å². The van der Waals surface area contributed by atoms with Gasteiger partial charge in [0.1, 0.15) is 0 Å². The summed E-state index contributed by atoms with van der Waals surface area (Å²) in [6.45, 7) is 11.5. The van der Waals surface area contributed by atoms with E-state index in [-0.39, 0.29) is 12.2 Å². The highest BCUT2D eigenvalue weighted by molar-refractivity contribution is 5.11. The van der Waals surface area contributed by atoms with Crippen molar-refractivity contribution in [3.63, 3.8) is 0 Å². The molecule has 5 fully saturated rings. The molecule has 0 radical (unpaired) electrons. The molecule has 0 aromatic heterocycles. The standard InChI is InChI=1S/C25H44N2O2/c1-16(28)19-6-7-20-18-5-4-17-14-23(29)22(27-12-10-26-11-13-27)15-25(17,3)21(18)8-9-24(19,20)2/h16-23,26,28-29H,4-15H2,1-3H3. The molecule has 4 aliphatic carbocycles. The first-order chi connectivity index (χ1) is 13.8. The monoisotopic (exact) mass is 404 g/mol. The lowest BCUT2D eigenvalue weighted by Gasteiger charge is -2.62. The molecule has 4 heteroatoms. The molecule has 10 unspecified atom stereocenters. The van der Waals surface area contributed by atoms with Crippen LogP contribution in [0.3, 0.4) is 0 Å². The minimum atomic E-state index is -0.157. The first-order valence-corrected chi connectivity index (χ1v) is 12.7. The van der Waals surface area contributed by atoms with E-state index in [1.807, 2.05) is 6.92 Å². The van der Waals surface area contributed by atoms with Crippen LogP contribution >= 0.6 is 0 Å². The topological polar surface area (TPSA) is 55.7 Å². The first kappa shape index (κ1) is 20.7. The lowest BCUT2D eigenvalue weighted by Crippen LogP contribution is -2.61. The summed E-state index contributed by atoms with van der Waals surface area (Å²) in [6.07, 6.45) is 9.81. The molecule has 29 heavy (non-hydrogen) atoms. The molecule has 0 aromatic rings. The lowest BCUT2D eigenvalue weighted by atomic mass is 9.44. The molecule has 4 nitrogen and oxygen atoms in total. The molecular formula is C25H44N2O2. The van der Waals surface area contributed by atoms with Gasteiger partial charge in [-0.25, -0.2) is 0 Å². The molecule has 0 bridgehead atoms. The predicted octanol–water partition coefficient (Wildman–Crippen LogP) is 3.27. The molecule has 166 valence electrons. The zero-order valence-corrected chi connectivity index (χ0v) is 18.9. The third-order valence-electron chi connectivity index (χ3n) is 11.0. The number of rotatable bonds is 2. The third kappa shape index (κ3) is 3.15. The van der Waals surface area contributed by atoms with E-state index >= 15 is 0 Å². The summed E-state index contributed by atoms with van der Waals surface area (Å²) in [4.78, 5) is 2.60. The second-order valence-electron chi connectivity index (χ2n) is 12.0. The van der Waals surface area contributed by atoms with Crippen LogP contribution in [-0.2, 0) is 0 Å². The maximum Gasteiger partial charge on any atom is 0.0698 e. The van der Waals surface area contributed by atoms with E-state index in [1.165, 1.54) is 44.9 Å². The van der Waals surface area contributed by atoms with Crippen molar-refractivity contribution in [2.45, 2.75) is 90.4 Å². The zero-order valence-electron chi connectivity index (χ0n) is 18.9. The zero-order chi connectivity index (χ0) is 20.4. The van der Waals surface area contributed by atoms with Gasteiger partial charge in [-0.2, -0.15) is 0 Å². The minimum absolute atomic E-state index is 0.136. The summed E-state index contributed by atoms with van der Waals surface area (Å²) < 4.78 is 0. The van der Waals surface area contributed by atoms with Crippen molar-refractivity contribution in [1.82, 2.24) is 10.2 Å². The number of nitrogens with zero attached hydrogens (tertiary/aromatic N) is 1. The average molecular weight is 405 g/mol. The number of aliphatic hydroxyl groups is 2. The van der Waals surface area contributed by atoms with Crippen molar-refractivity contribution in [3.8, 4) is 0 Å². The fraction of sp³-hybridized carbons (Fsp3) is 1.00. The van der Waals surface area contributed by atoms with Crippen LogP contribution in [0.5, 0.6) is 0 Å². The van der Waals surface area contributed by atoms with Gasteiger partial charge in [-0.3, -0.25) is 4.90 Å². The fourth-order valence-electron chi connectivity index (χ4n) is 9.49. The van der Waals surface area contributed by atoms with Crippen molar-refractivity contribution in [3.05, 3.63) is 0 Å². The van der Waals surface area contributed by atoms with Crippen LogP contribution in [0, 0.1) is 40.4 Å². The van der Waals surface area contributed by atoms with Gasteiger partial charge in [0.05, 0.1) is 12.2 Å². The lowest BCUT2D eigenvalue weighted by molar-refractivity contribution is -0.152. The van der Waals surface area contributed by atoms with E-state index in [4.69, 9.17) is 0 Å². The van der Waals surface area contributed by atoms with Crippen molar-refractivity contribution in [1.29, 1.82) is 0 Å². The predicted molar refractivity (Wildman–Crippen MR) is 117 cm³/mol. The number of hydrogen-bond acceptors (Lipinski definition) is 4. The van der Waals surface area contributed by atoms with Gasteiger partial charge in [0.15, 0.2) is 0 Å². The molecule has 5 aliphatic rings. The summed E-state index contributed by atoms with van der Waals surface area (Å²) >= 11 is 0. The highest BCUT2D eigenvalue weighted by Gasteiger charge is 2.61. The molecule has 5 rings (SSSR count). The number of fused-ring (bicyclic) bond motifs is 5. The Morgan fingerprint density at radius 2 is 1.69 bits per heavy atom. The molecule has 0 amide bonds. The number of nitrogens with one attached hydrogen (secondary N) is 1. The normalized spacial score (nSPS) is 54.3. The van der Waals surface area contributed by atoms with Crippen LogP contribution in [0.15, 0.2) is 0 Å². The average Bonchev–Trinajstić information content (AvgIpc) is 3.06. The smallest absolute Gasteiger partial charge is 0.0698 e. The summed E-state index contributed by atoms with van der Waals surface area (Å²) in [5.41, 5.74) is 0.743. The molecule has 10 atom stereocenters. The SMILES string of the molecule is CC(O)C1CCC2C3CCC4CC(O)C(N5CCNCC5)CC4(C)C3CCC12C. The van der Waals surface area contributed by atoms with Crippen LogP contribution in [0.1, 0.15) is 72.1 Å². The van der Waals surface area contributed by atoms with Gasteiger partial charge >= 0.3 is 0 Å². The van der Waals surface area contributed by atoms with Gasteiger partial charge in [0, 0.05) is 32.2 Å². The van der Waals surface area contributed by atoms with Crippen molar-refractivity contribution >= 4 is 0 Å². The maximum absolute atomic E-state index is 11.1. The Morgan fingerprint density at radius 3 is 2.41 bits per heavy atom. The molecule has 0 aromatic carbocycles. The van der Waals surface area contributed by atoms with E-state index in [0.717, 1.165) is 50.4 Å². The molecule has 0 spiro atoms. The molecular weight excluding hydrogens is 360 g/mol. The number of piperazine rings is 1. The van der Waals surface area contributed by atoms with E-state index in [1.54, 1.807) is 0 Å². The molecule has 3 N–H and O–H groups in total. The van der Waals surface area contributed by atoms with E-state index in [9.17, 15) is 10.2 Å². The number of hydrogen-bond donors (Lipinski definition) is 3. The Bertz CT molecular complexity index is 606. The van der Waals surface area contributed by atoms with E-state index < -0.39 is 0 Å². The largest absolute Gasteiger partial charge is 0.393 e. The number of aliphatic hydroxyl groups excluding tert-OH is 2. The third-order valence-corrected chi connectivity index (χ3v) is 11.0. The van der Waals surface area contributed by atoms with E-state index in [2.05, 4.69) is 24.1 Å². The van der Waals surface area contributed by atoms with E-state index in [0.29, 0.717) is 28.7 Å². The summed E-state index contributed by atoms with van der Waals surface area (Å²) in [7, 11) is 0. The van der Waals surface area contributed by atoms with Crippen LogP contribution in [0.2, 0.25) is 0 Å². The summed E-state index contributed by atoms with van der Waals surface area (Å²) in [5, 5.41) is 25.0. The minimum Gasteiger partial charge on any atom is -0.393 e. The first-order valence-electron chi connectivity index (χ1n) is 12.7. The molecule has 1 aliphatic heterocycles. The highest BCUT2D eigenvalue weighted by atomic mass is 16.3. The summed E-state index contributed by atoms with van der Waals surface area (Å²) in [5.74, 6) is 3.68. The van der Waals surface area contributed by atoms with Crippen LogP contribution < -0.4 is 5.32 Å². The van der Waals surface area contributed by atoms with Gasteiger partial charge in [-0.05, 0) is 98.7 Å². The Balaban J connectivity index is 1.39. The van der Waals surface area contributed by atoms with Gasteiger partial charge in [0.2, 0.25) is 0 Å². The van der Waals surface area contributed by atoms with Gasteiger partial charge < -0.3 is 15.5 Å². The van der Waals surface area contributed by atoms with Gasteiger partial charge in [-0.15, -0.1) is 0 Å². The Labute approximate surface area is 177 Å². The Hall–Kier alpha value is -0.160. The Kier molecular flexibility index (Phi) is 5.33. The molecule has 1 heterocycles. The maximum atomic E-state index is 11.1. The second kappa shape index (κ2) is 7.46. The summed E-state index contributed by atoms with van der Waals surface area (Å²) in [6, 6.07) is 0.360. The Morgan fingerprint density at radius 1 is 0.966 bits per heavy atom. The van der Waals surface area contributed by atoms with Crippen LogP contribution in [0.4, 0.5) is 0 Å². The fourth-order valence-corrected chi connectivity index (χ4v) is 9.49. The molecule has 1 saturated heterocycles. The van der Waals surface area contributed by atoms with Gasteiger partial charge in [0.25, 0.3) is 0 Å². The van der Waals surface area contributed by atoms with Crippen LogP contribution in [0.25, 0.3) is 0 Å². The van der Waals surface area contributed by atoms with Gasteiger partial charge in [-0.1, -0.05) is 13.8 Å². The van der Waals surface area contributed by atoms with Crippen molar-refractivity contribution in [2.24, 2.45) is 40.4 Å². The van der Waals surface area contributed by atoms with Crippen molar-refractivity contribution in [2.75, 3.05) is 26.2 Å². The van der Waals surface area contributed by atoms with Crippen LogP contribution in [-0.4, -0.2) is 59.5 Å². The quantitative estimate of drug-likeness (QED) is 0.661.